The van der Waals surface area contributed by atoms with Crippen LogP contribution < -0.4 is 15.4 Å². The van der Waals surface area contributed by atoms with Crippen LogP contribution in [0.4, 0.5) is 9.18 Å². The fourth-order valence-corrected chi connectivity index (χ4v) is 2.39. The number of hydrogen-bond acceptors (Lipinski definition) is 4. The molecule has 6 nitrogen and oxygen atoms in total. The van der Waals surface area contributed by atoms with Crippen molar-refractivity contribution < 1.29 is 18.7 Å². The van der Waals surface area contributed by atoms with Crippen molar-refractivity contribution in [3.63, 3.8) is 0 Å². The van der Waals surface area contributed by atoms with Crippen molar-refractivity contribution in [2.24, 2.45) is 0 Å². The van der Waals surface area contributed by atoms with Gasteiger partial charge in [-0.3, -0.25) is 4.90 Å². The van der Waals surface area contributed by atoms with Gasteiger partial charge < -0.3 is 20.1 Å². The first-order valence-corrected chi connectivity index (χ1v) is 8.44. The van der Waals surface area contributed by atoms with Gasteiger partial charge in [0, 0.05) is 26.2 Å². The Bertz CT molecular complexity index is 478. The van der Waals surface area contributed by atoms with Crippen molar-refractivity contribution in [2.45, 2.75) is 12.8 Å². The summed E-state index contributed by atoms with van der Waals surface area (Å²) in [4.78, 5) is 14.0. The Morgan fingerprint density at radius 1 is 1.12 bits per heavy atom. The molecule has 134 valence electrons. The molecule has 0 radical (unpaired) electrons. The van der Waals surface area contributed by atoms with E-state index in [1.54, 1.807) is 12.1 Å². The Hall–Kier alpha value is -1.86. The molecular weight excluding hydrogens is 313 g/mol. The van der Waals surface area contributed by atoms with E-state index in [9.17, 15) is 9.18 Å². The van der Waals surface area contributed by atoms with Crippen LogP contribution in [-0.2, 0) is 4.74 Å². The Kier molecular flexibility index (Phi) is 8.34. The van der Waals surface area contributed by atoms with Crippen molar-refractivity contribution in [3.8, 4) is 5.75 Å². The first-order valence-electron chi connectivity index (χ1n) is 8.44. The Balaban J connectivity index is 1.42. The summed E-state index contributed by atoms with van der Waals surface area (Å²) in [5.41, 5.74) is 0. The van der Waals surface area contributed by atoms with E-state index < -0.39 is 0 Å². The molecule has 1 aliphatic rings. The first-order chi connectivity index (χ1) is 11.7. The summed E-state index contributed by atoms with van der Waals surface area (Å²) in [6, 6.07) is 5.74. The number of carbonyl (C=O) groups excluding carboxylic acids is 1. The van der Waals surface area contributed by atoms with E-state index in [0.717, 1.165) is 39.3 Å². The third-order valence-corrected chi connectivity index (χ3v) is 3.73. The molecule has 0 aromatic heterocycles. The first kappa shape index (κ1) is 18.5. The summed E-state index contributed by atoms with van der Waals surface area (Å²) >= 11 is 0. The van der Waals surface area contributed by atoms with Crippen molar-refractivity contribution in [1.29, 1.82) is 0 Å². The van der Waals surface area contributed by atoms with E-state index in [1.807, 2.05) is 0 Å². The Labute approximate surface area is 142 Å². The van der Waals surface area contributed by atoms with Gasteiger partial charge in [-0.05, 0) is 43.7 Å². The molecule has 0 bridgehead atoms. The molecular formula is C17H26FN3O3. The van der Waals surface area contributed by atoms with Gasteiger partial charge in [-0.25, -0.2) is 9.18 Å². The quantitative estimate of drug-likeness (QED) is 0.671. The van der Waals surface area contributed by atoms with Gasteiger partial charge in [-0.1, -0.05) is 0 Å². The molecule has 1 saturated heterocycles. The average molecular weight is 339 g/mol. The standard InChI is InChI=1S/C17H26FN3O3/c18-15-3-5-16(6-4-15)24-12-2-8-20-17(22)19-7-1-9-21-10-13-23-14-11-21/h3-6H,1-2,7-14H2,(H2,19,20,22). The third kappa shape index (κ3) is 7.61. The number of carbonyl (C=O) groups is 1. The lowest BCUT2D eigenvalue weighted by Gasteiger charge is -2.26. The van der Waals surface area contributed by atoms with Crippen LogP contribution in [0.2, 0.25) is 0 Å². The van der Waals surface area contributed by atoms with Gasteiger partial charge in [0.2, 0.25) is 0 Å². The monoisotopic (exact) mass is 339 g/mol. The zero-order valence-corrected chi connectivity index (χ0v) is 13.9. The molecule has 1 aromatic carbocycles. The molecule has 0 unspecified atom stereocenters. The topological polar surface area (TPSA) is 62.8 Å². The summed E-state index contributed by atoms with van der Waals surface area (Å²) in [6.45, 7) is 6.20. The molecule has 1 heterocycles. The largest absolute Gasteiger partial charge is 0.494 e. The van der Waals surface area contributed by atoms with Crippen molar-refractivity contribution in [1.82, 2.24) is 15.5 Å². The van der Waals surface area contributed by atoms with E-state index in [-0.39, 0.29) is 11.8 Å². The van der Waals surface area contributed by atoms with Gasteiger partial charge in [0.25, 0.3) is 0 Å². The van der Waals surface area contributed by atoms with Gasteiger partial charge >= 0.3 is 6.03 Å². The Morgan fingerprint density at radius 2 is 1.79 bits per heavy atom. The number of morpholine rings is 1. The zero-order valence-electron chi connectivity index (χ0n) is 13.9. The van der Waals surface area contributed by atoms with Gasteiger partial charge in [-0.2, -0.15) is 0 Å². The summed E-state index contributed by atoms with van der Waals surface area (Å²) in [5.74, 6) is 0.346. The van der Waals surface area contributed by atoms with Crippen LogP contribution in [0, 0.1) is 5.82 Å². The molecule has 1 fully saturated rings. The molecule has 1 aliphatic heterocycles. The number of nitrogens with one attached hydrogen (secondary N) is 2. The lowest BCUT2D eigenvalue weighted by atomic mass is 10.3. The fraction of sp³-hybridized carbons (Fsp3) is 0.588. The summed E-state index contributed by atoms with van der Waals surface area (Å²) in [6.07, 6.45) is 1.62. The predicted octanol–water partition coefficient (Wildman–Crippen LogP) is 1.62. The lowest BCUT2D eigenvalue weighted by Crippen LogP contribution is -2.40. The minimum Gasteiger partial charge on any atom is -0.494 e. The second-order valence-corrected chi connectivity index (χ2v) is 5.65. The summed E-state index contributed by atoms with van der Waals surface area (Å²) < 4.78 is 23.5. The molecule has 2 N–H and O–H groups in total. The Morgan fingerprint density at radius 3 is 2.50 bits per heavy atom. The van der Waals surface area contributed by atoms with E-state index in [0.29, 0.717) is 31.9 Å². The minimum atomic E-state index is -0.283. The van der Waals surface area contributed by atoms with Crippen LogP contribution in [-0.4, -0.2) is 63.5 Å². The molecule has 1 aromatic rings. The molecule has 0 atom stereocenters. The highest BCUT2D eigenvalue weighted by Gasteiger charge is 2.09. The third-order valence-electron chi connectivity index (χ3n) is 3.73. The SMILES string of the molecule is O=C(NCCCOc1ccc(F)cc1)NCCCN1CCOCC1. The van der Waals surface area contributed by atoms with Crippen LogP contribution >= 0.6 is 0 Å². The van der Waals surface area contributed by atoms with Crippen LogP contribution in [0.3, 0.4) is 0 Å². The highest BCUT2D eigenvalue weighted by atomic mass is 19.1. The smallest absolute Gasteiger partial charge is 0.314 e. The maximum absolute atomic E-state index is 12.7. The number of amides is 2. The molecule has 0 spiro atoms. The molecule has 24 heavy (non-hydrogen) atoms. The van der Waals surface area contributed by atoms with E-state index in [1.165, 1.54) is 12.1 Å². The zero-order chi connectivity index (χ0) is 17.0. The van der Waals surface area contributed by atoms with Crippen LogP contribution in [0.1, 0.15) is 12.8 Å². The highest BCUT2D eigenvalue weighted by molar-refractivity contribution is 5.73. The van der Waals surface area contributed by atoms with Gasteiger partial charge in [0.05, 0.1) is 19.8 Å². The van der Waals surface area contributed by atoms with Crippen molar-refractivity contribution in [2.75, 3.05) is 52.5 Å². The highest BCUT2D eigenvalue weighted by Crippen LogP contribution is 2.10. The maximum Gasteiger partial charge on any atom is 0.314 e. The maximum atomic E-state index is 12.7. The number of benzene rings is 1. The van der Waals surface area contributed by atoms with Gasteiger partial charge in [-0.15, -0.1) is 0 Å². The van der Waals surface area contributed by atoms with E-state index in [2.05, 4.69) is 15.5 Å². The van der Waals surface area contributed by atoms with Crippen LogP contribution in [0.5, 0.6) is 5.75 Å². The van der Waals surface area contributed by atoms with Gasteiger partial charge in [0.15, 0.2) is 0 Å². The molecule has 0 saturated carbocycles. The van der Waals surface area contributed by atoms with Crippen LogP contribution in [0.25, 0.3) is 0 Å². The number of halogens is 1. The number of rotatable bonds is 9. The lowest BCUT2D eigenvalue weighted by molar-refractivity contribution is 0.0375. The average Bonchev–Trinajstić information content (AvgIpc) is 2.61. The second-order valence-electron chi connectivity index (χ2n) is 5.65. The van der Waals surface area contributed by atoms with E-state index >= 15 is 0 Å². The summed E-state index contributed by atoms with van der Waals surface area (Å²) in [7, 11) is 0. The molecule has 2 amide bonds. The van der Waals surface area contributed by atoms with Crippen molar-refractivity contribution in [3.05, 3.63) is 30.1 Å². The normalized spacial score (nSPS) is 15.0. The van der Waals surface area contributed by atoms with Gasteiger partial charge in [0.1, 0.15) is 11.6 Å². The van der Waals surface area contributed by atoms with Crippen LogP contribution in [0.15, 0.2) is 24.3 Å². The van der Waals surface area contributed by atoms with Crippen molar-refractivity contribution >= 4 is 6.03 Å². The van der Waals surface area contributed by atoms with E-state index in [4.69, 9.17) is 9.47 Å². The fourth-order valence-electron chi connectivity index (χ4n) is 2.39. The number of nitrogens with zero attached hydrogens (tertiary/aromatic N) is 1. The second kappa shape index (κ2) is 10.8. The predicted molar refractivity (Wildman–Crippen MR) is 89.8 cm³/mol. The minimum absolute atomic E-state index is 0.154. The molecule has 7 heteroatoms. The molecule has 0 aliphatic carbocycles. The summed E-state index contributed by atoms with van der Waals surface area (Å²) in [5, 5.41) is 5.64. The number of ether oxygens (including phenoxy) is 2. The molecule has 2 rings (SSSR count). The number of hydrogen-bond donors (Lipinski definition) is 2. The number of urea groups is 1.